The van der Waals surface area contributed by atoms with Crippen molar-refractivity contribution >= 4 is 17.6 Å². The summed E-state index contributed by atoms with van der Waals surface area (Å²) in [6, 6.07) is 3.47. The molecule has 0 saturated carbocycles. The summed E-state index contributed by atoms with van der Waals surface area (Å²) in [5, 5.41) is 0.0433. The van der Waals surface area contributed by atoms with Gasteiger partial charge in [0.25, 0.3) is 0 Å². The van der Waals surface area contributed by atoms with Crippen molar-refractivity contribution in [3.05, 3.63) is 29.0 Å². The smallest absolute Gasteiger partial charge is 0.325 e. The molecule has 0 saturated heterocycles. The van der Waals surface area contributed by atoms with Gasteiger partial charge in [-0.1, -0.05) is 11.6 Å². The zero-order valence-electron chi connectivity index (χ0n) is 6.59. The van der Waals surface area contributed by atoms with E-state index in [-0.39, 0.29) is 17.3 Å². The Bertz CT molecular complexity index is 330. The Kier molecular flexibility index (Phi) is 3.22. The molecule has 0 unspecified atom stereocenters. The number of hydrogen-bond donors (Lipinski definition) is 1. The number of nitrogens with two attached hydrogens (primary N) is 1. The molecule has 70 valence electrons. The second-order valence-corrected chi connectivity index (χ2v) is 2.66. The summed E-state index contributed by atoms with van der Waals surface area (Å²) < 4.78 is 17.2. The molecule has 0 aliphatic carbocycles. The normalized spacial score (nSPS) is 9.77. The second kappa shape index (κ2) is 4.20. The molecule has 3 nitrogen and oxygen atoms in total. The molecule has 0 atom stereocenters. The monoisotopic (exact) mass is 203 g/mol. The third kappa shape index (κ3) is 2.68. The number of esters is 1. The van der Waals surface area contributed by atoms with Gasteiger partial charge in [-0.3, -0.25) is 4.79 Å². The minimum Gasteiger partial charge on any atom is -0.424 e. The molecule has 0 aliphatic heterocycles. The molecule has 2 N–H and O–H groups in total. The van der Waals surface area contributed by atoms with Crippen LogP contribution >= 0.6 is 11.6 Å². The highest BCUT2D eigenvalue weighted by Crippen LogP contribution is 2.24. The zero-order valence-corrected chi connectivity index (χ0v) is 7.34. The third-order valence-electron chi connectivity index (χ3n) is 1.28. The quantitative estimate of drug-likeness (QED) is 0.583. The molecule has 1 aromatic carbocycles. The minimum atomic E-state index is -0.617. The van der Waals surface area contributed by atoms with Crippen LogP contribution in [0.4, 0.5) is 4.39 Å². The molecule has 13 heavy (non-hydrogen) atoms. The lowest BCUT2D eigenvalue weighted by atomic mass is 10.3. The van der Waals surface area contributed by atoms with Gasteiger partial charge in [0.05, 0.1) is 11.6 Å². The number of rotatable bonds is 2. The molecule has 0 fully saturated rings. The van der Waals surface area contributed by atoms with E-state index in [0.29, 0.717) is 0 Å². The van der Waals surface area contributed by atoms with Gasteiger partial charge in [-0.2, -0.15) is 0 Å². The Balaban J connectivity index is 2.83. The number of benzene rings is 1. The number of carbonyl (C=O) groups is 1. The summed E-state index contributed by atoms with van der Waals surface area (Å²) in [5.41, 5.74) is 5.01. The maximum absolute atomic E-state index is 12.5. The number of carbonyl (C=O) groups excluding carboxylic acids is 1. The van der Waals surface area contributed by atoms with Gasteiger partial charge in [0.2, 0.25) is 0 Å². The van der Waals surface area contributed by atoms with Gasteiger partial charge in [-0.15, -0.1) is 0 Å². The summed E-state index contributed by atoms with van der Waals surface area (Å²) in [5.74, 6) is -0.996. The highest BCUT2D eigenvalue weighted by molar-refractivity contribution is 6.32. The van der Waals surface area contributed by atoms with Crippen molar-refractivity contribution in [2.75, 3.05) is 6.54 Å². The van der Waals surface area contributed by atoms with Gasteiger partial charge in [-0.25, -0.2) is 4.39 Å². The van der Waals surface area contributed by atoms with Gasteiger partial charge >= 0.3 is 5.97 Å². The predicted octanol–water partition coefficient (Wildman–Crippen LogP) is 1.34. The molecule has 1 rings (SSSR count). The lowest BCUT2D eigenvalue weighted by molar-refractivity contribution is -0.132. The number of ether oxygens (including phenoxy) is 1. The minimum absolute atomic E-state index is 0.0433. The van der Waals surface area contributed by atoms with E-state index in [2.05, 4.69) is 4.74 Å². The van der Waals surface area contributed by atoms with Gasteiger partial charge in [0.1, 0.15) is 11.6 Å². The SMILES string of the molecule is NCC(=O)Oc1ccc(F)cc1Cl. The van der Waals surface area contributed by atoms with Crippen LogP contribution in [0.25, 0.3) is 0 Å². The van der Waals surface area contributed by atoms with Crippen molar-refractivity contribution in [3.8, 4) is 5.75 Å². The summed E-state index contributed by atoms with van der Waals surface area (Å²) in [6.07, 6.45) is 0. The fourth-order valence-corrected chi connectivity index (χ4v) is 0.928. The Morgan fingerprint density at radius 3 is 2.85 bits per heavy atom. The maximum Gasteiger partial charge on any atom is 0.325 e. The van der Waals surface area contributed by atoms with Crippen molar-refractivity contribution in [1.29, 1.82) is 0 Å². The molecule has 1 aromatic rings. The van der Waals surface area contributed by atoms with Crippen LogP contribution in [-0.4, -0.2) is 12.5 Å². The van der Waals surface area contributed by atoms with Crippen molar-refractivity contribution in [3.63, 3.8) is 0 Å². The topological polar surface area (TPSA) is 52.3 Å². The fourth-order valence-electron chi connectivity index (χ4n) is 0.722. The lowest BCUT2D eigenvalue weighted by Crippen LogP contribution is -2.19. The molecular formula is C8H7ClFNO2. The van der Waals surface area contributed by atoms with Gasteiger partial charge in [0, 0.05) is 0 Å². The van der Waals surface area contributed by atoms with Crippen LogP contribution in [0.5, 0.6) is 5.75 Å². The van der Waals surface area contributed by atoms with Gasteiger partial charge in [0.15, 0.2) is 0 Å². The van der Waals surface area contributed by atoms with E-state index < -0.39 is 11.8 Å². The van der Waals surface area contributed by atoms with E-state index >= 15 is 0 Å². The summed E-state index contributed by atoms with van der Waals surface area (Å²) >= 11 is 5.57. The molecular weight excluding hydrogens is 197 g/mol. The molecule has 0 radical (unpaired) electrons. The Morgan fingerprint density at radius 2 is 2.31 bits per heavy atom. The highest BCUT2D eigenvalue weighted by atomic mass is 35.5. The first-order valence-corrected chi connectivity index (χ1v) is 3.87. The number of halogens is 2. The largest absolute Gasteiger partial charge is 0.424 e. The van der Waals surface area contributed by atoms with Crippen molar-refractivity contribution in [1.82, 2.24) is 0 Å². The third-order valence-corrected chi connectivity index (χ3v) is 1.58. The van der Waals surface area contributed by atoms with E-state index in [4.69, 9.17) is 17.3 Å². The Labute approximate surface area is 79.2 Å². The van der Waals surface area contributed by atoms with Crippen molar-refractivity contribution in [2.45, 2.75) is 0 Å². The summed E-state index contributed by atoms with van der Waals surface area (Å²) in [4.78, 5) is 10.7. The zero-order chi connectivity index (χ0) is 9.84. The molecule has 0 aliphatic rings. The van der Waals surface area contributed by atoms with Crippen LogP contribution in [0.15, 0.2) is 18.2 Å². The maximum atomic E-state index is 12.5. The summed E-state index contributed by atoms with van der Waals surface area (Å²) in [6.45, 7) is -0.242. The molecule has 5 heteroatoms. The predicted molar refractivity (Wildman–Crippen MR) is 46.1 cm³/mol. The van der Waals surface area contributed by atoms with E-state index in [1.807, 2.05) is 0 Å². The Hall–Kier alpha value is -1.13. The molecule has 0 aromatic heterocycles. The van der Waals surface area contributed by atoms with E-state index in [0.717, 1.165) is 12.1 Å². The summed E-state index contributed by atoms with van der Waals surface area (Å²) in [7, 11) is 0. The number of hydrogen-bond acceptors (Lipinski definition) is 3. The van der Waals surface area contributed by atoms with Crippen LogP contribution in [0.2, 0.25) is 5.02 Å². The molecule has 0 amide bonds. The van der Waals surface area contributed by atoms with Crippen LogP contribution in [0, 0.1) is 5.82 Å². The average molecular weight is 204 g/mol. The molecule has 0 spiro atoms. The van der Waals surface area contributed by atoms with Gasteiger partial charge < -0.3 is 10.5 Å². The second-order valence-electron chi connectivity index (χ2n) is 2.25. The standard InChI is InChI=1S/C8H7ClFNO2/c9-6-3-5(10)1-2-7(6)13-8(12)4-11/h1-3H,4,11H2. The van der Waals surface area contributed by atoms with Crippen molar-refractivity contribution < 1.29 is 13.9 Å². The highest BCUT2D eigenvalue weighted by Gasteiger charge is 2.06. The average Bonchev–Trinajstić information content (AvgIpc) is 2.09. The molecule has 0 heterocycles. The lowest BCUT2D eigenvalue weighted by Gasteiger charge is -2.03. The first-order valence-electron chi connectivity index (χ1n) is 3.49. The van der Waals surface area contributed by atoms with Gasteiger partial charge in [-0.05, 0) is 18.2 Å². The van der Waals surface area contributed by atoms with Crippen LogP contribution < -0.4 is 10.5 Å². The first kappa shape index (κ1) is 9.95. The Morgan fingerprint density at radius 1 is 1.62 bits per heavy atom. The first-order chi connectivity index (χ1) is 6.13. The van der Waals surface area contributed by atoms with E-state index in [1.165, 1.54) is 6.07 Å². The molecule has 0 bridgehead atoms. The van der Waals surface area contributed by atoms with Crippen LogP contribution in [0.3, 0.4) is 0 Å². The van der Waals surface area contributed by atoms with Crippen LogP contribution in [-0.2, 0) is 4.79 Å². The van der Waals surface area contributed by atoms with Crippen LogP contribution in [0.1, 0.15) is 0 Å². The fraction of sp³-hybridized carbons (Fsp3) is 0.125. The van der Waals surface area contributed by atoms with E-state index in [1.54, 1.807) is 0 Å². The van der Waals surface area contributed by atoms with E-state index in [9.17, 15) is 9.18 Å². The van der Waals surface area contributed by atoms with Crippen molar-refractivity contribution in [2.24, 2.45) is 5.73 Å².